The fraction of sp³-hybridized carbons (Fsp3) is 0.536. The topological polar surface area (TPSA) is 59.0 Å². The van der Waals surface area contributed by atoms with Crippen molar-refractivity contribution in [2.75, 3.05) is 20.2 Å². The SMILES string of the molecule is COc1ccc2c3c1O[C@@H]1CC(O)C=CC31CCN(CCCCC1CCc3sccc3C1=O)C2. The number of aliphatic hydroxyl groups excluding tert-OH is 1. The Labute approximate surface area is 205 Å². The fourth-order valence-electron chi connectivity index (χ4n) is 6.60. The number of aryl methyl sites for hydroxylation is 1. The Bertz CT molecular complexity index is 1120. The van der Waals surface area contributed by atoms with Gasteiger partial charge < -0.3 is 14.6 Å². The number of benzene rings is 1. The van der Waals surface area contributed by atoms with Crippen molar-refractivity contribution in [3.8, 4) is 11.5 Å². The average molecular weight is 480 g/mol. The lowest BCUT2D eigenvalue weighted by Crippen LogP contribution is -2.43. The third-order valence-electron chi connectivity index (χ3n) is 8.41. The highest BCUT2D eigenvalue weighted by molar-refractivity contribution is 7.10. The van der Waals surface area contributed by atoms with Gasteiger partial charge in [-0.2, -0.15) is 0 Å². The summed E-state index contributed by atoms with van der Waals surface area (Å²) in [7, 11) is 1.69. The lowest BCUT2D eigenvalue weighted by Gasteiger charge is -2.36. The number of fused-ring (bicyclic) bond motifs is 1. The molecule has 2 aromatic rings. The molecule has 4 atom stereocenters. The van der Waals surface area contributed by atoms with Crippen LogP contribution in [0.5, 0.6) is 11.5 Å². The second-order valence-electron chi connectivity index (χ2n) is 10.3. The smallest absolute Gasteiger partial charge is 0.167 e. The molecule has 3 heterocycles. The number of unbranched alkanes of at least 4 members (excludes halogenated alkanes) is 1. The molecule has 0 fully saturated rings. The molecule has 1 aromatic heterocycles. The summed E-state index contributed by atoms with van der Waals surface area (Å²) in [6.07, 6.45) is 10.5. The molecule has 1 aromatic carbocycles. The molecule has 180 valence electrons. The van der Waals surface area contributed by atoms with Crippen LogP contribution < -0.4 is 9.47 Å². The van der Waals surface area contributed by atoms with E-state index in [0.29, 0.717) is 12.2 Å². The maximum atomic E-state index is 12.8. The summed E-state index contributed by atoms with van der Waals surface area (Å²) in [6.45, 7) is 2.94. The fourth-order valence-corrected chi connectivity index (χ4v) is 7.50. The van der Waals surface area contributed by atoms with E-state index in [1.807, 2.05) is 18.2 Å². The van der Waals surface area contributed by atoms with Gasteiger partial charge in [0.2, 0.25) is 0 Å². The molecule has 0 amide bonds. The van der Waals surface area contributed by atoms with E-state index >= 15 is 0 Å². The van der Waals surface area contributed by atoms with E-state index in [4.69, 9.17) is 9.47 Å². The predicted octanol–water partition coefficient (Wildman–Crippen LogP) is 4.90. The number of nitrogens with zero attached hydrogens (tertiary/aromatic N) is 1. The summed E-state index contributed by atoms with van der Waals surface area (Å²) >= 11 is 1.73. The lowest BCUT2D eigenvalue weighted by molar-refractivity contribution is 0.0809. The van der Waals surface area contributed by atoms with Crippen LogP contribution in [0.3, 0.4) is 0 Å². The lowest BCUT2D eigenvalue weighted by atomic mass is 9.69. The van der Waals surface area contributed by atoms with Crippen LogP contribution in [0.15, 0.2) is 35.7 Å². The Hall–Kier alpha value is -2.15. The van der Waals surface area contributed by atoms with Crippen LogP contribution >= 0.6 is 11.3 Å². The molecule has 2 aliphatic heterocycles. The first-order valence-corrected chi connectivity index (χ1v) is 13.5. The van der Waals surface area contributed by atoms with Gasteiger partial charge >= 0.3 is 0 Å². The van der Waals surface area contributed by atoms with Gasteiger partial charge in [0.15, 0.2) is 17.3 Å². The van der Waals surface area contributed by atoms with Crippen molar-refractivity contribution >= 4 is 17.1 Å². The molecule has 0 saturated carbocycles. The van der Waals surface area contributed by atoms with Crippen LogP contribution in [0.4, 0.5) is 0 Å². The van der Waals surface area contributed by atoms with E-state index in [2.05, 4.69) is 22.4 Å². The largest absolute Gasteiger partial charge is 0.493 e. The first-order valence-electron chi connectivity index (χ1n) is 12.7. The van der Waals surface area contributed by atoms with Crippen LogP contribution in [-0.4, -0.2) is 48.2 Å². The zero-order chi connectivity index (χ0) is 23.3. The van der Waals surface area contributed by atoms with Crippen molar-refractivity contribution in [2.45, 2.75) is 69.1 Å². The molecule has 2 aliphatic carbocycles. The second-order valence-corrected chi connectivity index (χ2v) is 11.3. The number of thiophene rings is 1. The number of ether oxygens (including phenoxy) is 2. The molecular formula is C28H33NO4S. The molecule has 3 unspecified atom stereocenters. The Kier molecular flexibility index (Phi) is 5.79. The highest BCUT2D eigenvalue weighted by Crippen LogP contribution is 2.55. The molecule has 6 rings (SSSR count). The van der Waals surface area contributed by atoms with Gasteiger partial charge in [0.05, 0.1) is 18.6 Å². The number of carbonyl (C=O) groups is 1. The minimum atomic E-state index is -0.452. The number of aliphatic hydroxyl groups is 1. The monoisotopic (exact) mass is 479 g/mol. The average Bonchev–Trinajstić information content (AvgIpc) is 3.41. The number of hydrogen-bond acceptors (Lipinski definition) is 6. The zero-order valence-corrected chi connectivity index (χ0v) is 20.6. The number of ketones is 1. The summed E-state index contributed by atoms with van der Waals surface area (Å²) in [6, 6.07) is 6.24. The van der Waals surface area contributed by atoms with E-state index in [9.17, 15) is 9.90 Å². The van der Waals surface area contributed by atoms with Crippen LogP contribution in [0, 0.1) is 5.92 Å². The van der Waals surface area contributed by atoms with Gasteiger partial charge in [0, 0.05) is 34.9 Å². The molecular weight excluding hydrogens is 446 g/mol. The van der Waals surface area contributed by atoms with Crippen molar-refractivity contribution in [3.05, 3.63) is 57.3 Å². The highest BCUT2D eigenvalue weighted by Gasteiger charge is 2.52. The van der Waals surface area contributed by atoms with Crippen molar-refractivity contribution in [3.63, 3.8) is 0 Å². The van der Waals surface area contributed by atoms with Gasteiger partial charge in [-0.25, -0.2) is 0 Å². The number of rotatable bonds is 6. The molecule has 34 heavy (non-hydrogen) atoms. The number of hydrogen-bond donors (Lipinski definition) is 1. The van der Waals surface area contributed by atoms with E-state index in [1.165, 1.54) is 16.0 Å². The normalized spacial score (nSPS) is 29.7. The van der Waals surface area contributed by atoms with Gasteiger partial charge in [-0.1, -0.05) is 24.6 Å². The van der Waals surface area contributed by atoms with Crippen LogP contribution in [-0.2, 0) is 18.4 Å². The van der Waals surface area contributed by atoms with E-state index < -0.39 is 6.10 Å². The van der Waals surface area contributed by atoms with Crippen molar-refractivity contribution < 1.29 is 19.4 Å². The van der Waals surface area contributed by atoms with Crippen molar-refractivity contribution in [2.24, 2.45) is 5.92 Å². The molecule has 0 bridgehead atoms. The molecule has 4 aliphatic rings. The van der Waals surface area contributed by atoms with Crippen LogP contribution in [0.1, 0.15) is 64.9 Å². The summed E-state index contributed by atoms with van der Waals surface area (Å²) in [5.41, 5.74) is 3.38. The molecule has 0 saturated heterocycles. The molecule has 6 heteroatoms. The number of Topliss-reactive ketones (excluding diaryl/α,β-unsaturated/α-hetero) is 1. The standard InChI is InChI=1S/C28H33NO4S/c1-32-22-7-5-19-17-29(13-3-2-4-18-6-8-23-21(26(18)31)10-15-34-23)14-12-28-11-9-20(30)16-24(28)33-27(22)25(19)28/h5,7,9-11,15,18,20,24,30H,2-4,6,8,12-14,16-17H2,1H3/t18?,20?,24-,28?/m1/s1. The summed E-state index contributed by atoms with van der Waals surface area (Å²) in [4.78, 5) is 16.6. The van der Waals surface area contributed by atoms with Gasteiger partial charge in [0.1, 0.15) is 6.10 Å². The third kappa shape index (κ3) is 3.62. The minimum absolute atomic E-state index is 0.0446. The van der Waals surface area contributed by atoms with Crippen LogP contribution in [0.25, 0.3) is 0 Å². The van der Waals surface area contributed by atoms with E-state index in [-0.39, 0.29) is 17.4 Å². The zero-order valence-electron chi connectivity index (χ0n) is 19.8. The maximum Gasteiger partial charge on any atom is 0.167 e. The Balaban J connectivity index is 1.13. The second kappa shape index (κ2) is 8.81. The Morgan fingerprint density at radius 1 is 1.29 bits per heavy atom. The first kappa shape index (κ1) is 22.3. The van der Waals surface area contributed by atoms with Crippen LogP contribution in [0.2, 0.25) is 0 Å². The van der Waals surface area contributed by atoms with Crippen molar-refractivity contribution in [1.82, 2.24) is 4.90 Å². The summed E-state index contributed by atoms with van der Waals surface area (Å²) in [5, 5.41) is 12.3. The first-order chi connectivity index (χ1) is 16.6. The summed E-state index contributed by atoms with van der Waals surface area (Å²) in [5.74, 6) is 2.23. The van der Waals surface area contributed by atoms with E-state index in [1.54, 1.807) is 18.4 Å². The Morgan fingerprint density at radius 3 is 3.09 bits per heavy atom. The number of carbonyl (C=O) groups excluding carboxylic acids is 1. The van der Waals surface area contributed by atoms with Gasteiger partial charge in [-0.3, -0.25) is 9.69 Å². The number of methoxy groups -OCH3 is 1. The Morgan fingerprint density at radius 2 is 2.21 bits per heavy atom. The third-order valence-corrected chi connectivity index (χ3v) is 9.39. The van der Waals surface area contributed by atoms with E-state index in [0.717, 1.165) is 75.2 Å². The van der Waals surface area contributed by atoms with Gasteiger partial charge in [-0.15, -0.1) is 11.3 Å². The maximum absolute atomic E-state index is 12.8. The quantitative estimate of drug-likeness (QED) is 0.472. The van der Waals surface area contributed by atoms with Crippen molar-refractivity contribution in [1.29, 1.82) is 0 Å². The molecule has 1 spiro atoms. The molecule has 1 N–H and O–H groups in total. The highest BCUT2D eigenvalue weighted by atomic mass is 32.1. The summed E-state index contributed by atoms with van der Waals surface area (Å²) < 4.78 is 12.1. The minimum Gasteiger partial charge on any atom is -0.493 e. The van der Waals surface area contributed by atoms with Gasteiger partial charge in [0.25, 0.3) is 0 Å². The predicted molar refractivity (Wildman–Crippen MR) is 133 cm³/mol. The van der Waals surface area contributed by atoms with Gasteiger partial charge in [-0.05, 0) is 68.3 Å². The molecule has 0 radical (unpaired) electrons. The molecule has 5 nitrogen and oxygen atoms in total.